The maximum absolute atomic E-state index is 8.62. The Morgan fingerprint density at radius 1 is 1.45 bits per heavy atom. The van der Waals surface area contributed by atoms with Crippen LogP contribution in [0.5, 0.6) is 0 Å². The first-order chi connectivity index (χ1) is 9.63. The number of aliphatic hydroxyl groups is 1. The van der Waals surface area contributed by atoms with Gasteiger partial charge < -0.3 is 19.7 Å². The fourth-order valence-electron chi connectivity index (χ4n) is 2.18. The molecule has 1 aromatic carbocycles. The summed E-state index contributed by atoms with van der Waals surface area (Å²) in [7, 11) is 2.00. The number of nitrogens with one attached hydrogen (secondary N) is 1. The standard InChI is InChI=1S/C14H20ClN3O2/c1-10(16-5-7-20-8-6-19)14-17-12-9-11(15)3-4-13(12)18(14)2/h3-4,9-10,16,19H,5-8H2,1-2H3. The van der Waals surface area contributed by atoms with Crippen LogP contribution < -0.4 is 5.32 Å². The van der Waals surface area contributed by atoms with Gasteiger partial charge >= 0.3 is 0 Å². The van der Waals surface area contributed by atoms with Gasteiger partial charge in [-0.15, -0.1) is 0 Å². The molecule has 0 aliphatic rings. The monoisotopic (exact) mass is 297 g/mol. The number of benzene rings is 1. The van der Waals surface area contributed by atoms with Gasteiger partial charge in [-0.1, -0.05) is 11.6 Å². The highest BCUT2D eigenvalue weighted by atomic mass is 35.5. The Morgan fingerprint density at radius 2 is 2.25 bits per heavy atom. The topological polar surface area (TPSA) is 59.3 Å². The largest absolute Gasteiger partial charge is 0.394 e. The number of aliphatic hydroxyl groups excluding tert-OH is 1. The highest BCUT2D eigenvalue weighted by Gasteiger charge is 2.13. The molecule has 0 bridgehead atoms. The zero-order chi connectivity index (χ0) is 14.5. The number of fused-ring (bicyclic) bond motifs is 1. The lowest BCUT2D eigenvalue weighted by Crippen LogP contribution is -2.25. The SMILES string of the molecule is CC(NCCOCCO)c1nc2cc(Cl)ccc2n1C. The van der Waals surface area contributed by atoms with E-state index in [1.54, 1.807) is 0 Å². The first-order valence-electron chi connectivity index (χ1n) is 6.67. The Balaban J connectivity index is 2.02. The first kappa shape index (κ1) is 15.3. The second-order valence-corrected chi connectivity index (χ2v) is 5.11. The quantitative estimate of drug-likeness (QED) is 0.766. The summed E-state index contributed by atoms with van der Waals surface area (Å²) in [6.45, 7) is 3.78. The summed E-state index contributed by atoms with van der Waals surface area (Å²) in [6.07, 6.45) is 0. The number of imidazole rings is 1. The van der Waals surface area contributed by atoms with Gasteiger partial charge in [-0.3, -0.25) is 0 Å². The molecule has 5 nitrogen and oxygen atoms in total. The lowest BCUT2D eigenvalue weighted by atomic mass is 10.3. The summed E-state index contributed by atoms with van der Waals surface area (Å²) in [6, 6.07) is 5.84. The molecule has 0 spiro atoms. The van der Waals surface area contributed by atoms with E-state index >= 15 is 0 Å². The molecule has 0 amide bonds. The predicted molar refractivity (Wildman–Crippen MR) is 80.0 cm³/mol. The number of hydrogen-bond donors (Lipinski definition) is 2. The number of aryl methyl sites for hydroxylation is 1. The molecule has 0 aliphatic carbocycles. The Labute approximate surface area is 123 Å². The molecule has 1 atom stereocenters. The van der Waals surface area contributed by atoms with E-state index in [2.05, 4.69) is 21.8 Å². The summed E-state index contributed by atoms with van der Waals surface area (Å²) >= 11 is 5.99. The van der Waals surface area contributed by atoms with Crippen LogP contribution in [0.4, 0.5) is 0 Å². The van der Waals surface area contributed by atoms with Gasteiger partial charge in [0.25, 0.3) is 0 Å². The molecule has 0 radical (unpaired) electrons. The molecule has 1 unspecified atom stereocenters. The van der Waals surface area contributed by atoms with Crippen molar-refractivity contribution in [1.29, 1.82) is 0 Å². The molecule has 2 rings (SSSR count). The van der Waals surface area contributed by atoms with Crippen molar-refractivity contribution in [3.63, 3.8) is 0 Å². The molecule has 1 heterocycles. The maximum Gasteiger partial charge on any atom is 0.126 e. The van der Waals surface area contributed by atoms with Crippen LogP contribution in [0.1, 0.15) is 18.8 Å². The Kier molecular flexibility index (Phi) is 5.37. The van der Waals surface area contributed by atoms with Gasteiger partial charge in [-0.25, -0.2) is 4.98 Å². The molecule has 0 saturated carbocycles. The Bertz CT molecular complexity index is 571. The summed E-state index contributed by atoms with van der Waals surface area (Å²) in [5.41, 5.74) is 1.97. The van der Waals surface area contributed by atoms with Crippen molar-refractivity contribution in [1.82, 2.24) is 14.9 Å². The average Bonchev–Trinajstić information content (AvgIpc) is 2.75. The van der Waals surface area contributed by atoms with E-state index in [0.717, 1.165) is 16.9 Å². The van der Waals surface area contributed by atoms with Crippen LogP contribution >= 0.6 is 11.6 Å². The predicted octanol–water partition coefficient (Wildman–Crippen LogP) is 1.89. The number of hydrogen-bond acceptors (Lipinski definition) is 4. The molecule has 2 N–H and O–H groups in total. The zero-order valence-electron chi connectivity index (χ0n) is 11.8. The van der Waals surface area contributed by atoms with Crippen LogP contribution in [0.15, 0.2) is 18.2 Å². The molecule has 0 fully saturated rings. The van der Waals surface area contributed by atoms with E-state index in [1.807, 2.05) is 25.2 Å². The Morgan fingerprint density at radius 3 is 3.00 bits per heavy atom. The molecule has 0 aliphatic heterocycles. The van der Waals surface area contributed by atoms with Gasteiger partial charge in [-0.2, -0.15) is 0 Å². The van der Waals surface area contributed by atoms with Crippen LogP contribution in [-0.2, 0) is 11.8 Å². The van der Waals surface area contributed by atoms with Gasteiger partial charge in [0, 0.05) is 18.6 Å². The molecule has 110 valence electrons. The smallest absolute Gasteiger partial charge is 0.126 e. The third kappa shape index (κ3) is 3.49. The molecule has 0 saturated heterocycles. The van der Waals surface area contributed by atoms with Crippen molar-refractivity contribution in [3.05, 3.63) is 29.0 Å². The van der Waals surface area contributed by atoms with E-state index in [0.29, 0.717) is 24.8 Å². The zero-order valence-corrected chi connectivity index (χ0v) is 12.5. The van der Waals surface area contributed by atoms with Crippen molar-refractivity contribution >= 4 is 22.6 Å². The van der Waals surface area contributed by atoms with Gasteiger partial charge in [0.1, 0.15) is 5.82 Å². The van der Waals surface area contributed by atoms with Gasteiger partial charge in [-0.05, 0) is 25.1 Å². The fraction of sp³-hybridized carbons (Fsp3) is 0.500. The number of halogens is 1. The lowest BCUT2D eigenvalue weighted by Gasteiger charge is -2.13. The van der Waals surface area contributed by atoms with Crippen LogP contribution in [0, 0.1) is 0 Å². The van der Waals surface area contributed by atoms with E-state index < -0.39 is 0 Å². The van der Waals surface area contributed by atoms with Gasteiger partial charge in [0.2, 0.25) is 0 Å². The molecular formula is C14H20ClN3O2. The van der Waals surface area contributed by atoms with Crippen LogP contribution in [0.25, 0.3) is 11.0 Å². The summed E-state index contributed by atoms with van der Waals surface area (Å²) in [5, 5.41) is 12.7. The van der Waals surface area contributed by atoms with Crippen molar-refractivity contribution < 1.29 is 9.84 Å². The summed E-state index contributed by atoms with van der Waals surface area (Å²) < 4.78 is 7.28. The van der Waals surface area contributed by atoms with E-state index in [9.17, 15) is 0 Å². The summed E-state index contributed by atoms with van der Waals surface area (Å²) in [5.74, 6) is 0.962. The fourth-order valence-corrected chi connectivity index (χ4v) is 2.35. The first-order valence-corrected chi connectivity index (χ1v) is 7.05. The lowest BCUT2D eigenvalue weighted by molar-refractivity contribution is 0.0927. The Hall–Kier alpha value is -1.14. The van der Waals surface area contributed by atoms with Crippen molar-refractivity contribution in [2.24, 2.45) is 7.05 Å². The second kappa shape index (κ2) is 7.04. The van der Waals surface area contributed by atoms with Crippen LogP contribution in [-0.4, -0.2) is 41.0 Å². The minimum Gasteiger partial charge on any atom is -0.394 e. The third-order valence-corrected chi connectivity index (χ3v) is 3.43. The molecule has 2 aromatic rings. The van der Waals surface area contributed by atoms with Crippen molar-refractivity contribution in [2.75, 3.05) is 26.4 Å². The number of ether oxygens (including phenoxy) is 1. The third-order valence-electron chi connectivity index (χ3n) is 3.20. The maximum atomic E-state index is 8.62. The molecule has 6 heteroatoms. The molecule has 1 aromatic heterocycles. The van der Waals surface area contributed by atoms with E-state index in [4.69, 9.17) is 21.4 Å². The molecule has 20 heavy (non-hydrogen) atoms. The minimum absolute atomic E-state index is 0.0566. The van der Waals surface area contributed by atoms with Gasteiger partial charge in [0.05, 0.1) is 36.9 Å². The van der Waals surface area contributed by atoms with Crippen molar-refractivity contribution in [2.45, 2.75) is 13.0 Å². The second-order valence-electron chi connectivity index (χ2n) is 4.67. The highest BCUT2D eigenvalue weighted by molar-refractivity contribution is 6.31. The number of nitrogens with zero attached hydrogens (tertiary/aromatic N) is 2. The number of aromatic nitrogens is 2. The average molecular weight is 298 g/mol. The van der Waals surface area contributed by atoms with Crippen molar-refractivity contribution in [3.8, 4) is 0 Å². The van der Waals surface area contributed by atoms with E-state index in [1.165, 1.54) is 0 Å². The van der Waals surface area contributed by atoms with Crippen LogP contribution in [0.3, 0.4) is 0 Å². The molecular weight excluding hydrogens is 278 g/mol. The highest BCUT2D eigenvalue weighted by Crippen LogP contribution is 2.22. The van der Waals surface area contributed by atoms with Gasteiger partial charge in [0.15, 0.2) is 0 Å². The number of rotatable bonds is 7. The normalized spacial score (nSPS) is 13.0. The van der Waals surface area contributed by atoms with E-state index in [-0.39, 0.29) is 12.6 Å². The summed E-state index contributed by atoms with van der Waals surface area (Å²) in [4.78, 5) is 4.62. The van der Waals surface area contributed by atoms with Crippen LogP contribution in [0.2, 0.25) is 5.02 Å². The minimum atomic E-state index is 0.0566.